The van der Waals surface area contributed by atoms with Crippen molar-refractivity contribution in [3.05, 3.63) is 34.9 Å². The molecule has 0 bridgehead atoms. The van der Waals surface area contributed by atoms with Crippen molar-refractivity contribution in [3.8, 4) is 17.1 Å². The summed E-state index contributed by atoms with van der Waals surface area (Å²) in [7, 11) is 2.80. The maximum atomic E-state index is 11.5. The maximum Gasteiger partial charge on any atom is 0.358 e. The molecule has 0 saturated carbocycles. The molecular formula is C13H12ClN3O3. The zero-order chi connectivity index (χ0) is 14.7. The lowest BCUT2D eigenvalue weighted by Crippen LogP contribution is -2.08. The molecule has 0 N–H and O–H groups in total. The van der Waals surface area contributed by atoms with Gasteiger partial charge in [0.15, 0.2) is 5.69 Å². The van der Waals surface area contributed by atoms with Crippen LogP contribution in [0.5, 0.6) is 5.88 Å². The number of methoxy groups -OCH3 is 2. The van der Waals surface area contributed by atoms with Crippen LogP contribution in [-0.2, 0) is 4.74 Å². The van der Waals surface area contributed by atoms with Crippen LogP contribution in [0.25, 0.3) is 11.3 Å². The van der Waals surface area contributed by atoms with Gasteiger partial charge in [0.2, 0.25) is 5.88 Å². The second kappa shape index (κ2) is 5.83. The number of aromatic nitrogens is 3. The average Bonchev–Trinajstić information content (AvgIpc) is 2.47. The van der Waals surface area contributed by atoms with Crippen LogP contribution < -0.4 is 4.74 Å². The number of hydrogen-bond donors (Lipinski definition) is 0. The van der Waals surface area contributed by atoms with Gasteiger partial charge in [-0.1, -0.05) is 11.6 Å². The fourth-order valence-electron chi connectivity index (χ4n) is 1.64. The van der Waals surface area contributed by atoms with Gasteiger partial charge >= 0.3 is 5.97 Å². The molecule has 2 rings (SSSR count). The Bertz CT molecular complexity index is 661. The van der Waals surface area contributed by atoms with Crippen molar-refractivity contribution >= 4 is 17.6 Å². The third kappa shape index (κ3) is 2.70. The van der Waals surface area contributed by atoms with Crippen LogP contribution in [0.15, 0.2) is 18.5 Å². The highest BCUT2D eigenvalue weighted by atomic mass is 35.5. The first-order valence-electron chi connectivity index (χ1n) is 5.68. The van der Waals surface area contributed by atoms with Crippen molar-refractivity contribution in [1.82, 2.24) is 15.0 Å². The Morgan fingerprint density at radius 2 is 2.00 bits per heavy atom. The fourth-order valence-corrected chi connectivity index (χ4v) is 1.84. The number of carbonyl (C=O) groups excluding carboxylic acids is 1. The number of hydrogen-bond acceptors (Lipinski definition) is 6. The SMILES string of the molecule is COC(=O)c1ncc(-c2cc(OC)ncc2Cl)nc1C. The molecule has 0 atom stereocenters. The predicted octanol–water partition coefficient (Wildman–Crippen LogP) is 2.30. The van der Waals surface area contributed by atoms with E-state index in [0.29, 0.717) is 27.9 Å². The zero-order valence-corrected chi connectivity index (χ0v) is 11.9. The van der Waals surface area contributed by atoms with E-state index in [9.17, 15) is 4.79 Å². The van der Waals surface area contributed by atoms with Gasteiger partial charge in [0.25, 0.3) is 0 Å². The van der Waals surface area contributed by atoms with Gasteiger partial charge < -0.3 is 9.47 Å². The average molecular weight is 294 g/mol. The van der Waals surface area contributed by atoms with Gasteiger partial charge in [-0.3, -0.25) is 0 Å². The van der Waals surface area contributed by atoms with E-state index >= 15 is 0 Å². The maximum absolute atomic E-state index is 11.5. The molecule has 0 aliphatic carbocycles. The molecule has 2 aromatic heterocycles. The van der Waals surface area contributed by atoms with Crippen LogP contribution >= 0.6 is 11.6 Å². The lowest BCUT2D eigenvalue weighted by atomic mass is 10.2. The number of esters is 1. The molecule has 0 aromatic carbocycles. The summed E-state index contributed by atoms with van der Waals surface area (Å²) in [5, 5.41) is 0.422. The van der Waals surface area contributed by atoms with Crippen molar-refractivity contribution in [2.24, 2.45) is 0 Å². The molecule has 20 heavy (non-hydrogen) atoms. The van der Waals surface area contributed by atoms with E-state index < -0.39 is 5.97 Å². The third-order valence-corrected chi connectivity index (χ3v) is 2.94. The first-order valence-corrected chi connectivity index (χ1v) is 6.06. The van der Waals surface area contributed by atoms with Crippen LogP contribution in [-0.4, -0.2) is 35.1 Å². The van der Waals surface area contributed by atoms with Gasteiger partial charge in [-0.15, -0.1) is 0 Å². The molecule has 7 heteroatoms. The van der Waals surface area contributed by atoms with Gasteiger partial charge in [-0.05, 0) is 6.92 Å². The van der Waals surface area contributed by atoms with Gasteiger partial charge in [-0.25, -0.2) is 19.7 Å². The molecule has 0 aliphatic heterocycles. The number of carbonyl (C=O) groups is 1. The van der Waals surface area contributed by atoms with E-state index in [2.05, 4.69) is 19.7 Å². The lowest BCUT2D eigenvalue weighted by molar-refractivity contribution is 0.0592. The van der Waals surface area contributed by atoms with E-state index in [1.54, 1.807) is 13.0 Å². The van der Waals surface area contributed by atoms with Gasteiger partial charge in [0, 0.05) is 11.6 Å². The molecule has 0 aliphatic rings. The van der Waals surface area contributed by atoms with E-state index in [1.165, 1.54) is 26.6 Å². The smallest absolute Gasteiger partial charge is 0.358 e. The minimum Gasteiger partial charge on any atom is -0.481 e. The Hall–Kier alpha value is -2.21. The molecule has 0 amide bonds. The molecular weight excluding hydrogens is 282 g/mol. The monoisotopic (exact) mass is 293 g/mol. The molecule has 0 unspecified atom stereocenters. The highest BCUT2D eigenvalue weighted by Crippen LogP contribution is 2.28. The second-order valence-electron chi connectivity index (χ2n) is 3.89. The Morgan fingerprint density at radius 1 is 1.25 bits per heavy atom. The molecule has 2 aromatic rings. The summed E-state index contributed by atoms with van der Waals surface area (Å²) in [4.78, 5) is 23.8. The van der Waals surface area contributed by atoms with E-state index in [-0.39, 0.29) is 5.69 Å². The van der Waals surface area contributed by atoms with Crippen molar-refractivity contribution < 1.29 is 14.3 Å². The highest BCUT2D eigenvalue weighted by Gasteiger charge is 2.15. The van der Waals surface area contributed by atoms with Gasteiger partial charge in [0.1, 0.15) is 0 Å². The number of nitrogens with zero attached hydrogens (tertiary/aromatic N) is 3. The van der Waals surface area contributed by atoms with Crippen LogP contribution in [0.1, 0.15) is 16.2 Å². The summed E-state index contributed by atoms with van der Waals surface area (Å²) in [5.74, 6) is -0.110. The van der Waals surface area contributed by atoms with Gasteiger partial charge in [-0.2, -0.15) is 0 Å². The lowest BCUT2D eigenvalue weighted by Gasteiger charge is -2.08. The molecule has 0 fully saturated rings. The summed E-state index contributed by atoms with van der Waals surface area (Å²) in [6.07, 6.45) is 2.93. The van der Waals surface area contributed by atoms with Crippen LogP contribution in [0, 0.1) is 6.92 Å². The Morgan fingerprint density at radius 3 is 2.60 bits per heavy atom. The zero-order valence-electron chi connectivity index (χ0n) is 11.2. The summed E-state index contributed by atoms with van der Waals surface area (Å²) in [6, 6.07) is 1.66. The van der Waals surface area contributed by atoms with Crippen molar-refractivity contribution in [2.45, 2.75) is 6.92 Å². The Kier molecular flexibility index (Phi) is 4.14. The summed E-state index contributed by atoms with van der Waals surface area (Å²) < 4.78 is 9.67. The number of pyridine rings is 1. The molecule has 0 radical (unpaired) electrons. The van der Waals surface area contributed by atoms with E-state index in [0.717, 1.165) is 0 Å². The number of ether oxygens (including phenoxy) is 2. The highest BCUT2D eigenvalue weighted by molar-refractivity contribution is 6.33. The number of aryl methyl sites for hydroxylation is 1. The normalized spacial score (nSPS) is 10.2. The van der Waals surface area contributed by atoms with Crippen LogP contribution in [0.2, 0.25) is 5.02 Å². The summed E-state index contributed by atoms with van der Waals surface area (Å²) >= 11 is 6.09. The second-order valence-corrected chi connectivity index (χ2v) is 4.29. The molecule has 0 saturated heterocycles. The largest absolute Gasteiger partial charge is 0.481 e. The summed E-state index contributed by atoms with van der Waals surface area (Å²) in [5.41, 5.74) is 1.79. The molecule has 6 nitrogen and oxygen atoms in total. The van der Waals surface area contributed by atoms with Crippen molar-refractivity contribution in [2.75, 3.05) is 14.2 Å². The van der Waals surface area contributed by atoms with Crippen LogP contribution in [0.3, 0.4) is 0 Å². The standard InChI is InChI=1S/C13H12ClN3O3/c1-7-12(13(18)20-3)16-6-10(17-7)8-4-11(19-2)15-5-9(8)14/h4-6H,1-3H3. The minimum atomic E-state index is -0.528. The van der Waals surface area contributed by atoms with Crippen molar-refractivity contribution in [1.29, 1.82) is 0 Å². The van der Waals surface area contributed by atoms with Gasteiger partial charge in [0.05, 0.1) is 43.0 Å². The third-order valence-electron chi connectivity index (χ3n) is 2.64. The molecule has 2 heterocycles. The first kappa shape index (κ1) is 14.2. The van der Waals surface area contributed by atoms with Crippen LogP contribution in [0.4, 0.5) is 0 Å². The topological polar surface area (TPSA) is 74.2 Å². The van der Waals surface area contributed by atoms with E-state index in [4.69, 9.17) is 16.3 Å². The predicted molar refractivity (Wildman–Crippen MR) is 72.9 cm³/mol. The number of halogens is 1. The first-order chi connectivity index (χ1) is 9.56. The van der Waals surface area contributed by atoms with Crippen molar-refractivity contribution in [3.63, 3.8) is 0 Å². The quantitative estimate of drug-likeness (QED) is 0.808. The summed E-state index contributed by atoms with van der Waals surface area (Å²) in [6.45, 7) is 1.68. The molecule has 104 valence electrons. The van der Waals surface area contributed by atoms with E-state index in [1.807, 2.05) is 0 Å². The number of rotatable bonds is 3. The molecule has 0 spiro atoms. The Balaban J connectivity index is 2.49. The Labute approximate surface area is 120 Å². The minimum absolute atomic E-state index is 0.174. The fraction of sp³-hybridized carbons (Fsp3) is 0.231.